The molecule has 0 heterocycles. The van der Waals surface area contributed by atoms with Gasteiger partial charge in [0, 0.05) is 12.1 Å². The van der Waals surface area contributed by atoms with E-state index in [1.165, 1.54) is 13.0 Å². The van der Waals surface area contributed by atoms with Crippen LogP contribution in [0.2, 0.25) is 0 Å². The Morgan fingerprint density at radius 3 is 2.56 bits per heavy atom. The Labute approximate surface area is 92.7 Å². The third-order valence-electron chi connectivity index (χ3n) is 2.21. The number of nitrogens with one attached hydrogen (secondary N) is 1. The average molecular weight is 223 g/mol. The normalized spacial score (nSPS) is 11.8. The molecule has 0 radical (unpaired) electrons. The molecule has 5 nitrogen and oxygen atoms in total. The lowest BCUT2D eigenvalue weighted by Gasteiger charge is -2.09. The molecular weight excluding hydrogens is 210 g/mol. The summed E-state index contributed by atoms with van der Waals surface area (Å²) in [5.74, 6) is -2.76. The minimum Gasteiger partial charge on any atom is -0.508 e. The minimum absolute atomic E-state index is 0.0748. The van der Waals surface area contributed by atoms with Crippen molar-refractivity contribution in [2.24, 2.45) is 5.92 Å². The molecule has 1 rings (SSSR count). The van der Waals surface area contributed by atoms with Crippen LogP contribution in [0.1, 0.15) is 12.5 Å². The molecule has 0 saturated carbocycles. The van der Waals surface area contributed by atoms with Crippen molar-refractivity contribution in [2.75, 3.05) is 0 Å². The summed E-state index contributed by atoms with van der Waals surface area (Å²) in [6.07, 6.45) is 0. The molecule has 1 aromatic rings. The molecule has 1 atom stereocenters. The number of hydrogen-bond acceptors (Lipinski definition) is 3. The summed E-state index contributed by atoms with van der Waals surface area (Å²) in [5, 5.41) is 20.4. The number of carboxylic acids is 1. The Morgan fingerprint density at radius 2 is 2.00 bits per heavy atom. The fourth-order valence-corrected chi connectivity index (χ4v) is 1.11. The van der Waals surface area contributed by atoms with E-state index in [0.717, 1.165) is 0 Å². The predicted octanol–water partition coefficient (Wildman–Crippen LogP) is 0.729. The lowest BCUT2D eigenvalue weighted by Crippen LogP contribution is -2.33. The van der Waals surface area contributed by atoms with E-state index >= 15 is 0 Å². The molecular formula is C11H13NO4. The van der Waals surface area contributed by atoms with Crippen molar-refractivity contribution in [3.63, 3.8) is 0 Å². The van der Waals surface area contributed by atoms with E-state index in [1.807, 2.05) is 0 Å². The number of aromatic hydroxyl groups is 1. The van der Waals surface area contributed by atoms with E-state index in [9.17, 15) is 14.7 Å². The molecule has 0 aliphatic carbocycles. The molecule has 0 aromatic heterocycles. The maximum absolute atomic E-state index is 11.3. The average Bonchev–Trinajstić information content (AvgIpc) is 2.26. The Bertz CT molecular complexity index is 403. The van der Waals surface area contributed by atoms with Gasteiger partial charge in [-0.25, -0.2) is 0 Å². The third kappa shape index (κ3) is 2.98. The SMILES string of the molecule is CC(C(=O)O)C(=O)NCc1ccccc1O. The first-order chi connectivity index (χ1) is 7.52. The van der Waals surface area contributed by atoms with Gasteiger partial charge in [0.25, 0.3) is 0 Å². The van der Waals surface area contributed by atoms with Crippen LogP contribution in [0.15, 0.2) is 24.3 Å². The second kappa shape index (κ2) is 5.16. The fourth-order valence-electron chi connectivity index (χ4n) is 1.11. The monoisotopic (exact) mass is 223 g/mol. The molecule has 1 aromatic carbocycles. The van der Waals surface area contributed by atoms with Gasteiger partial charge < -0.3 is 15.5 Å². The Kier molecular flexibility index (Phi) is 3.88. The zero-order valence-electron chi connectivity index (χ0n) is 8.80. The molecule has 16 heavy (non-hydrogen) atoms. The van der Waals surface area contributed by atoms with Gasteiger partial charge in [-0.15, -0.1) is 0 Å². The van der Waals surface area contributed by atoms with Crippen LogP contribution in [0.5, 0.6) is 5.75 Å². The summed E-state index contributed by atoms with van der Waals surface area (Å²) < 4.78 is 0. The van der Waals surface area contributed by atoms with Crippen molar-refractivity contribution >= 4 is 11.9 Å². The number of hydrogen-bond donors (Lipinski definition) is 3. The van der Waals surface area contributed by atoms with Crippen LogP contribution in [-0.4, -0.2) is 22.1 Å². The first-order valence-corrected chi connectivity index (χ1v) is 4.79. The van der Waals surface area contributed by atoms with Gasteiger partial charge in [0.05, 0.1) is 0 Å². The van der Waals surface area contributed by atoms with Gasteiger partial charge in [0.15, 0.2) is 0 Å². The van der Waals surface area contributed by atoms with Crippen LogP contribution < -0.4 is 5.32 Å². The van der Waals surface area contributed by atoms with Crippen molar-refractivity contribution in [1.29, 1.82) is 0 Å². The summed E-state index contributed by atoms with van der Waals surface area (Å²) in [4.78, 5) is 21.8. The Morgan fingerprint density at radius 1 is 1.38 bits per heavy atom. The summed E-state index contributed by atoms with van der Waals surface area (Å²) in [6, 6.07) is 6.55. The van der Waals surface area contributed by atoms with Gasteiger partial charge in [-0.1, -0.05) is 18.2 Å². The lowest BCUT2D eigenvalue weighted by molar-refractivity contribution is -0.146. The second-order valence-electron chi connectivity index (χ2n) is 3.41. The Balaban J connectivity index is 2.56. The first kappa shape index (κ1) is 12.0. The van der Waals surface area contributed by atoms with Crippen molar-refractivity contribution in [2.45, 2.75) is 13.5 Å². The van der Waals surface area contributed by atoms with Gasteiger partial charge in [0.1, 0.15) is 11.7 Å². The number of rotatable bonds is 4. The third-order valence-corrected chi connectivity index (χ3v) is 2.21. The number of amides is 1. The summed E-state index contributed by atoms with van der Waals surface area (Å²) in [5.41, 5.74) is 0.549. The molecule has 0 aliphatic rings. The van der Waals surface area contributed by atoms with E-state index in [1.54, 1.807) is 18.2 Å². The van der Waals surface area contributed by atoms with Crippen LogP contribution in [0, 0.1) is 5.92 Å². The van der Waals surface area contributed by atoms with E-state index in [4.69, 9.17) is 5.11 Å². The predicted molar refractivity (Wildman–Crippen MR) is 56.8 cm³/mol. The summed E-state index contributed by atoms with van der Waals surface area (Å²) in [6.45, 7) is 1.42. The van der Waals surface area contributed by atoms with Crippen LogP contribution in [0.4, 0.5) is 0 Å². The van der Waals surface area contributed by atoms with Crippen molar-refractivity contribution in [3.05, 3.63) is 29.8 Å². The highest BCUT2D eigenvalue weighted by Crippen LogP contribution is 2.14. The van der Waals surface area contributed by atoms with Crippen molar-refractivity contribution < 1.29 is 19.8 Å². The van der Waals surface area contributed by atoms with Gasteiger partial charge in [-0.3, -0.25) is 9.59 Å². The van der Waals surface area contributed by atoms with Crippen molar-refractivity contribution in [1.82, 2.24) is 5.32 Å². The van der Waals surface area contributed by atoms with Crippen LogP contribution in [0.25, 0.3) is 0 Å². The highest BCUT2D eigenvalue weighted by molar-refractivity contribution is 5.96. The zero-order chi connectivity index (χ0) is 12.1. The van der Waals surface area contributed by atoms with E-state index in [0.29, 0.717) is 5.56 Å². The van der Waals surface area contributed by atoms with Gasteiger partial charge in [-0.05, 0) is 13.0 Å². The maximum Gasteiger partial charge on any atom is 0.315 e. The van der Waals surface area contributed by atoms with Gasteiger partial charge in [0.2, 0.25) is 5.91 Å². The van der Waals surface area contributed by atoms with Crippen LogP contribution in [-0.2, 0) is 16.1 Å². The fraction of sp³-hybridized carbons (Fsp3) is 0.273. The summed E-state index contributed by atoms with van der Waals surface area (Å²) >= 11 is 0. The van der Waals surface area contributed by atoms with Crippen LogP contribution >= 0.6 is 0 Å². The van der Waals surface area contributed by atoms with Gasteiger partial charge in [-0.2, -0.15) is 0 Å². The second-order valence-corrected chi connectivity index (χ2v) is 3.41. The Hall–Kier alpha value is -2.04. The number of phenols is 1. The largest absolute Gasteiger partial charge is 0.508 e. The smallest absolute Gasteiger partial charge is 0.315 e. The minimum atomic E-state index is -1.17. The van der Waals surface area contributed by atoms with E-state index < -0.39 is 17.8 Å². The topological polar surface area (TPSA) is 86.6 Å². The highest BCUT2D eigenvalue weighted by Gasteiger charge is 2.19. The molecule has 5 heteroatoms. The number of carboxylic acid groups (broad SMARTS) is 1. The molecule has 1 unspecified atom stereocenters. The maximum atomic E-state index is 11.3. The molecule has 0 bridgehead atoms. The first-order valence-electron chi connectivity index (χ1n) is 4.79. The lowest BCUT2D eigenvalue weighted by atomic mass is 10.1. The molecule has 3 N–H and O–H groups in total. The number of para-hydroxylation sites is 1. The van der Waals surface area contributed by atoms with Crippen molar-refractivity contribution in [3.8, 4) is 5.75 Å². The van der Waals surface area contributed by atoms with E-state index in [2.05, 4.69) is 5.32 Å². The number of benzene rings is 1. The molecule has 1 amide bonds. The number of carbonyl (C=O) groups excluding carboxylic acids is 1. The number of aliphatic carboxylic acids is 1. The van der Waals surface area contributed by atoms with Gasteiger partial charge >= 0.3 is 5.97 Å². The molecule has 0 fully saturated rings. The van der Waals surface area contributed by atoms with E-state index in [-0.39, 0.29) is 12.3 Å². The number of carbonyl (C=O) groups is 2. The zero-order valence-corrected chi connectivity index (χ0v) is 8.80. The summed E-state index contributed by atoms with van der Waals surface area (Å²) in [7, 11) is 0. The highest BCUT2D eigenvalue weighted by atomic mass is 16.4. The molecule has 0 spiro atoms. The standard InChI is InChI=1S/C11H13NO4/c1-7(11(15)16)10(14)12-6-8-4-2-3-5-9(8)13/h2-5,7,13H,6H2,1H3,(H,12,14)(H,15,16). The number of phenolic OH excluding ortho intramolecular Hbond substituents is 1. The quantitative estimate of drug-likeness (QED) is 0.657. The molecule has 86 valence electrons. The molecule has 0 aliphatic heterocycles. The molecule has 0 saturated heterocycles. The van der Waals surface area contributed by atoms with Crippen LogP contribution in [0.3, 0.4) is 0 Å².